The first-order valence-electron chi connectivity index (χ1n) is 10.6. The summed E-state index contributed by atoms with van der Waals surface area (Å²) in [5.74, 6) is 0.516. The Bertz CT molecular complexity index is 1010. The molecule has 0 spiro atoms. The van der Waals surface area contributed by atoms with Crippen molar-refractivity contribution in [3.8, 4) is 0 Å². The van der Waals surface area contributed by atoms with E-state index in [1.165, 1.54) is 22.5 Å². The van der Waals surface area contributed by atoms with Gasteiger partial charge in [-0.25, -0.2) is 0 Å². The summed E-state index contributed by atoms with van der Waals surface area (Å²) < 4.78 is 2.41. The molecule has 0 radical (unpaired) electrons. The third-order valence-corrected chi connectivity index (χ3v) is 6.23. The van der Waals surface area contributed by atoms with Gasteiger partial charge in [0.1, 0.15) is 0 Å². The van der Waals surface area contributed by atoms with Gasteiger partial charge in [0.15, 0.2) is 5.11 Å². The van der Waals surface area contributed by atoms with Crippen molar-refractivity contribution in [2.75, 3.05) is 6.54 Å². The maximum absolute atomic E-state index is 5.78. The molecule has 0 saturated carbocycles. The number of nitrogens with one attached hydrogen (secondary N) is 1. The van der Waals surface area contributed by atoms with Crippen LogP contribution in [0.4, 0.5) is 0 Å². The van der Waals surface area contributed by atoms with E-state index in [0.717, 1.165) is 23.9 Å². The van der Waals surface area contributed by atoms with E-state index >= 15 is 0 Å². The maximum atomic E-state index is 5.78. The van der Waals surface area contributed by atoms with Crippen LogP contribution in [-0.4, -0.2) is 26.1 Å². The minimum Gasteiger partial charge on any atom is -0.352 e. The molecule has 4 rings (SSSR count). The van der Waals surface area contributed by atoms with Gasteiger partial charge >= 0.3 is 0 Å². The number of aromatic nitrogens is 2. The normalized spacial score (nSPS) is 18.8. The smallest absolute Gasteiger partial charge is 0.170 e. The number of hydrogen-bond acceptors (Lipinski definition) is 2. The van der Waals surface area contributed by atoms with Gasteiger partial charge in [-0.05, 0) is 61.3 Å². The second-order valence-electron chi connectivity index (χ2n) is 8.57. The minimum atomic E-state index is 0.0446. The third-order valence-electron chi connectivity index (χ3n) is 5.87. The maximum Gasteiger partial charge on any atom is 0.170 e. The van der Waals surface area contributed by atoms with Crippen LogP contribution in [0.15, 0.2) is 60.8 Å². The molecule has 3 aromatic rings. The Kier molecular flexibility index (Phi) is 5.91. The van der Waals surface area contributed by atoms with E-state index in [0.29, 0.717) is 5.92 Å². The lowest BCUT2D eigenvalue weighted by atomic mass is 9.96. The van der Waals surface area contributed by atoms with E-state index in [2.05, 4.69) is 89.9 Å². The van der Waals surface area contributed by atoms with Crippen LogP contribution in [0.5, 0.6) is 0 Å². The number of aryl methyl sites for hydroxylation is 1. The molecule has 0 aliphatic carbocycles. The number of pyridine rings is 1. The molecule has 2 atom stereocenters. The summed E-state index contributed by atoms with van der Waals surface area (Å²) in [4.78, 5) is 7.01. The van der Waals surface area contributed by atoms with Gasteiger partial charge in [0.25, 0.3) is 0 Å². The Balaban J connectivity index is 1.76. The first-order chi connectivity index (χ1) is 14.5. The van der Waals surface area contributed by atoms with Gasteiger partial charge in [-0.15, -0.1) is 0 Å². The van der Waals surface area contributed by atoms with Crippen molar-refractivity contribution in [2.24, 2.45) is 5.92 Å². The molecule has 1 saturated heterocycles. The predicted molar refractivity (Wildman–Crippen MR) is 126 cm³/mol. The van der Waals surface area contributed by atoms with Gasteiger partial charge in [0.2, 0.25) is 0 Å². The molecule has 1 fully saturated rings. The first-order valence-corrected chi connectivity index (χ1v) is 11.0. The first kappa shape index (κ1) is 20.6. The van der Waals surface area contributed by atoms with Gasteiger partial charge in [0, 0.05) is 30.7 Å². The summed E-state index contributed by atoms with van der Waals surface area (Å²) >= 11 is 5.78. The molecule has 0 bridgehead atoms. The second-order valence-corrected chi connectivity index (χ2v) is 8.96. The molecule has 3 heterocycles. The largest absolute Gasteiger partial charge is 0.352 e. The SMILES string of the molecule is Cc1cc([C@H]2[C@H](c3ccccn3)NC(=S)N2CC(C)C)c(C)n1Cc1ccccc1. The molecule has 1 aromatic carbocycles. The Hall–Kier alpha value is -2.66. The van der Waals surface area contributed by atoms with Crippen LogP contribution in [-0.2, 0) is 6.54 Å². The van der Waals surface area contributed by atoms with Crippen LogP contribution in [0, 0.1) is 19.8 Å². The van der Waals surface area contributed by atoms with Crippen LogP contribution in [0.2, 0.25) is 0 Å². The van der Waals surface area contributed by atoms with Crippen LogP contribution in [0.25, 0.3) is 0 Å². The van der Waals surface area contributed by atoms with Gasteiger partial charge in [-0.2, -0.15) is 0 Å². The summed E-state index contributed by atoms with van der Waals surface area (Å²) in [5, 5.41) is 4.38. The van der Waals surface area contributed by atoms with Crippen molar-refractivity contribution in [1.82, 2.24) is 19.8 Å². The average Bonchev–Trinajstić information content (AvgIpc) is 3.20. The zero-order chi connectivity index (χ0) is 21.3. The van der Waals surface area contributed by atoms with Crippen molar-refractivity contribution in [3.63, 3.8) is 0 Å². The van der Waals surface area contributed by atoms with Crippen LogP contribution in [0.3, 0.4) is 0 Å². The van der Waals surface area contributed by atoms with E-state index in [1.807, 2.05) is 18.3 Å². The molecule has 156 valence electrons. The molecule has 1 aliphatic rings. The fraction of sp³-hybridized carbons (Fsp3) is 0.360. The van der Waals surface area contributed by atoms with Crippen LogP contribution in [0.1, 0.15) is 54.1 Å². The fourth-order valence-electron chi connectivity index (χ4n) is 4.47. The monoisotopic (exact) mass is 418 g/mol. The average molecular weight is 419 g/mol. The van der Waals surface area contributed by atoms with Crippen molar-refractivity contribution in [2.45, 2.75) is 46.3 Å². The third kappa shape index (κ3) is 3.99. The number of benzene rings is 1. The molecule has 5 heteroatoms. The van der Waals surface area contributed by atoms with Crippen LogP contribution < -0.4 is 5.32 Å². The number of thiocarbonyl (C=S) groups is 1. The van der Waals surface area contributed by atoms with Gasteiger partial charge in [0.05, 0.1) is 17.8 Å². The van der Waals surface area contributed by atoms with E-state index in [1.54, 1.807) is 0 Å². The van der Waals surface area contributed by atoms with E-state index in [9.17, 15) is 0 Å². The lowest BCUT2D eigenvalue weighted by Gasteiger charge is -2.29. The van der Waals surface area contributed by atoms with Crippen molar-refractivity contribution < 1.29 is 0 Å². The Labute approximate surface area is 184 Å². The summed E-state index contributed by atoms with van der Waals surface area (Å²) in [6.45, 7) is 10.7. The number of hydrogen-bond donors (Lipinski definition) is 1. The van der Waals surface area contributed by atoms with Gasteiger partial charge in [-0.1, -0.05) is 50.2 Å². The summed E-state index contributed by atoms with van der Waals surface area (Å²) in [6, 6.07) is 19.3. The molecule has 1 N–H and O–H groups in total. The predicted octanol–water partition coefficient (Wildman–Crippen LogP) is 5.18. The molecule has 0 unspecified atom stereocenters. The van der Waals surface area contributed by atoms with E-state index in [-0.39, 0.29) is 12.1 Å². The topological polar surface area (TPSA) is 33.1 Å². The molecule has 2 aromatic heterocycles. The summed E-state index contributed by atoms with van der Waals surface area (Å²) in [7, 11) is 0. The van der Waals surface area contributed by atoms with E-state index < -0.39 is 0 Å². The Morgan fingerprint density at radius 3 is 2.47 bits per heavy atom. The molecular formula is C25H30N4S. The Morgan fingerprint density at radius 1 is 1.07 bits per heavy atom. The molecule has 4 nitrogen and oxygen atoms in total. The highest BCUT2D eigenvalue weighted by Crippen LogP contribution is 2.41. The quantitative estimate of drug-likeness (QED) is 0.560. The van der Waals surface area contributed by atoms with Gasteiger partial charge < -0.3 is 14.8 Å². The highest BCUT2D eigenvalue weighted by Gasteiger charge is 2.41. The van der Waals surface area contributed by atoms with E-state index in [4.69, 9.17) is 12.2 Å². The highest BCUT2D eigenvalue weighted by molar-refractivity contribution is 7.80. The van der Waals surface area contributed by atoms with Crippen molar-refractivity contribution in [3.05, 3.63) is 89.0 Å². The second kappa shape index (κ2) is 8.60. The molecular weight excluding hydrogens is 388 g/mol. The van der Waals surface area contributed by atoms with Crippen molar-refractivity contribution in [1.29, 1.82) is 0 Å². The highest BCUT2D eigenvalue weighted by atomic mass is 32.1. The van der Waals surface area contributed by atoms with Crippen molar-refractivity contribution >= 4 is 17.3 Å². The Morgan fingerprint density at radius 2 is 1.80 bits per heavy atom. The standard InChI is InChI=1S/C25H30N4S/c1-17(2)15-29-24(23(27-25(29)30)22-12-8-9-13-26-22)21-14-18(3)28(19(21)4)16-20-10-6-5-7-11-20/h5-14,17,23-24H,15-16H2,1-4H3,(H,27,30)/t23-,24-/m0/s1. The molecule has 0 amide bonds. The summed E-state index contributed by atoms with van der Waals surface area (Å²) in [5.41, 5.74) is 6.23. The zero-order valence-electron chi connectivity index (χ0n) is 18.2. The zero-order valence-corrected chi connectivity index (χ0v) is 19.0. The fourth-order valence-corrected chi connectivity index (χ4v) is 4.79. The van der Waals surface area contributed by atoms with Crippen LogP contribution >= 0.6 is 12.2 Å². The summed E-state index contributed by atoms with van der Waals surface area (Å²) in [6.07, 6.45) is 1.86. The lowest BCUT2D eigenvalue weighted by molar-refractivity contribution is 0.286. The minimum absolute atomic E-state index is 0.0446. The van der Waals surface area contributed by atoms with Gasteiger partial charge in [-0.3, -0.25) is 4.98 Å². The molecule has 30 heavy (non-hydrogen) atoms. The number of nitrogens with zero attached hydrogens (tertiary/aromatic N) is 3. The lowest BCUT2D eigenvalue weighted by Crippen LogP contribution is -2.33. The number of rotatable bonds is 6. The molecule has 1 aliphatic heterocycles.